The fourth-order valence-electron chi connectivity index (χ4n) is 0.847. The van der Waals surface area contributed by atoms with Gasteiger partial charge >= 0.3 is 5.97 Å². The molecule has 14 heavy (non-hydrogen) atoms. The summed E-state index contributed by atoms with van der Waals surface area (Å²) in [5, 5.41) is 9.26. The van der Waals surface area contributed by atoms with Crippen molar-refractivity contribution in [2.24, 2.45) is 0 Å². The summed E-state index contributed by atoms with van der Waals surface area (Å²) in [7, 11) is 3.74. The minimum absolute atomic E-state index is 0.591. The summed E-state index contributed by atoms with van der Waals surface area (Å²) in [6.45, 7) is 0. The van der Waals surface area contributed by atoms with Crippen LogP contribution in [0, 0.1) is 0 Å². The number of carbonyl (C=O) groups is 1. The number of anilines is 1. The lowest BCUT2D eigenvalue weighted by molar-refractivity contribution is -0.134. The van der Waals surface area contributed by atoms with Crippen molar-refractivity contribution in [2.45, 2.75) is 0 Å². The van der Waals surface area contributed by atoms with E-state index < -0.39 is 11.8 Å². The van der Waals surface area contributed by atoms with Gasteiger partial charge in [0.05, 0.1) is 5.00 Å². The first-order valence-electron chi connectivity index (χ1n) is 3.88. The molecule has 5 heteroatoms. The quantitative estimate of drug-likeness (QED) is 0.786. The van der Waals surface area contributed by atoms with Gasteiger partial charge in [-0.1, -0.05) is 0 Å². The normalized spacial score (nSPS) is 11.5. The van der Waals surface area contributed by atoms with Crippen LogP contribution in [0.3, 0.4) is 0 Å². The first-order valence-corrected chi connectivity index (χ1v) is 4.70. The van der Waals surface area contributed by atoms with Gasteiger partial charge in [0.1, 0.15) is 0 Å². The number of carboxylic acids is 1. The summed E-state index contributed by atoms with van der Waals surface area (Å²) >= 11 is 1.33. The second-order valence-electron chi connectivity index (χ2n) is 2.87. The summed E-state index contributed by atoms with van der Waals surface area (Å²) in [5.74, 6) is -2.68. The highest BCUT2D eigenvalue weighted by atomic mass is 32.1. The Kier molecular flexibility index (Phi) is 3.24. The predicted octanol–water partition coefficient (Wildman–Crippen LogP) is 2.21. The van der Waals surface area contributed by atoms with Crippen LogP contribution in [0.4, 0.5) is 9.39 Å². The lowest BCUT2D eigenvalue weighted by atomic mass is 10.4. The van der Waals surface area contributed by atoms with Gasteiger partial charge in [-0.05, 0) is 18.2 Å². The summed E-state index contributed by atoms with van der Waals surface area (Å²) in [5.41, 5.74) is 0. The third-order valence-electron chi connectivity index (χ3n) is 1.53. The van der Waals surface area contributed by atoms with Crippen molar-refractivity contribution in [1.82, 2.24) is 0 Å². The number of aliphatic carboxylic acids is 1. The molecule has 1 N–H and O–H groups in total. The summed E-state index contributed by atoms with van der Waals surface area (Å²) in [4.78, 5) is 12.7. The van der Waals surface area contributed by atoms with Crippen LogP contribution in [0.1, 0.15) is 4.88 Å². The molecule has 0 aliphatic rings. The maximum absolute atomic E-state index is 12.7. The maximum atomic E-state index is 12.7. The number of rotatable bonds is 3. The van der Waals surface area contributed by atoms with Crippen molar-refractivity contribution in [3.05, 3.63) is 22.8 Å². The second-order valence-corrected chi connectivity index (χ2v) is 3.96. The molecule has 0 radical (unpaired) electrons. The maximum Gasteiger partial charge on any atom is 0.364 e. The molecule has 0 amide bonds. The third-order valence-corrected chi connectivity index (χ3v) is 2.73. The Balaban J connectivity index is 2.88. The van der Waals surface area contributed by atoms with E-state index in [2.05, 4.69) is 0 Å². The number of carboxylic acid groups (broad SMARTS) is 1. The number of nitrogens with zero attached hydrogens (tertiary/aromatic N) is 1. The fourth-order valence-corrected chi connectivity index (χ4v) is 1.71. The molecule has 0 unspecified atom stereocenters. The molecule has 3 nitrogen and oxygen atoms in total. The highest BCUT2D eigenvalue weighted by molar-refractivity contribution is 7.16. The smallest absolute Gasteiger partial charge is 0.364 e. The number of halogens is 1. The van der Waals surface area contributed by atoms with Crippen molar-refractivity contribution in [2.75, 3.05) is 19.0 Å². The zero-order valence-electron chi connectivity index (χ0n) is 7.82. The molecule has 0 atom stereocenters. The van der Waals surface area contributed by atoms with Crippen LogP contribution in [0.15, 0.2) is 18.0 Å². The van der Waals surface area contributed by atoms with Crippen LogP contribution in [0.25, 0.3) is 6.08 Å². The van der Waals surface area contributed by atoms with E-state index in [-0.39, 0.29) is 0 Å². The van der Waals surface area contributed by atoms with Gasteiger partial charge in [0.25, 0.3) is 0 Å². The zero-order valence-corrected chi connectivity index (χ0v) is 8.64. The lowest BCUT2D eigenvalue weighted by Crippen LogP contribution is -2.05. The van der Waals surface area contributed by atoms with Gasteiger partial charge in [0.15, 0.2) is 0 Å². The molecule has 0 aromatic carbocycles. The standard InChI is InChI=1S/C9H10FNO2S/c1-11(2)8-4-3-6(14-8)5-7(10)9(12)13/h3-5H,1-2H3,(H,12,13). The predicted molar refractivity (Wildman–Crippen MR) is 55.4 cm³/mol. The Morgan fingerprint density at radius 1 is 1.57 bits per heavy atom. The van der Waals surface area contributed by atoms with E-state index in [1.54, 1.807) is 6.07 Å². The van der Waals surface area contributed by atoms with Gasteiger partial charge in [-0.3, -0.25) is 0 Å². The Morgan fingerprint density at radius 3 is 2.64 bits per heavy atom. The van der Waals surface area contributed by atoms with Gasteiger partial charge < -0.3 is 10.0 Å². The zero-order chi connectivity index (χ0) is 10.7. The first kappa shape index (κ1) is 10.7. The summed E-state index contributed by atoms with van der Waals surface area (Å²) in [6.07, 6.45) is 1.01. The summed E-state index contributed by atoms with van der Waals surface area (Å²) in [6, 6.07) is 3.49. The Morgan fingerprint density at radius 2 is 2.21 bits per heavy atom. The van der Waals surface area contributed by atoms with E-state index in [9.17, 15) is 9.18 Å². The van der Waals surface area contributed by atoms with Crippen LogP contribution in [0.5, 0.6) is 0 Å². The number of thiophene rings is 1. The molecule has 0 bridgehead atoms. The van der Waals surface area contributed by atoms with Gasteiger partial charge in [0.2, 0.25) is 5.83 Å². The molecule has 0 saturated heterocycles. The Bertz CT molecular complexity index is 371. The molecular formula is C9H10FNO2S. The highest BCUT2D eigenvalue weighted by Gasteiger charge is 2.06. The highest BCUT2D eigenvalue weighted by Crippen LogP contribution is 2.26. The van der Waals surface area contributed by atoms with Gasteiger partial charge in [-0.2, -0.15) is 4.39 Å². The molecule has 1 aromatic rings. The van der Waals surface area contributed by atoms with E-state index in [4.69, 9.17) is 5.11 Å². The lowest BCUT2D eigenvalue weighted by Gasteiger charge is -2.06. The van der Waals surface area contributed by atoms with Crippen molar-refractivity contribution < 1.29 is 14.3 Å². The van der Waals surface area contributed by atoms with Crippen LogP contribution >= 0.6 is 11.3 Å². The molecule has 0 fully saturated rings. The molecule has 1 rings (SSSR count). The van der Waals surface area contributed by atoms with Crippen molar-refractivity contribution >= 4 is 28.4 Å². The minimum Gasteiger partial charge on any atom is -0.476 e. The monoisotopic (exact) mass is 215 g/mol. The van der Waals surface area contributed by atoms with E-state index in [1.165, 1.54) is 11.3 Å². The number of hydrogen-bond donors (Lipinski definition) is 1. The molecule has 1 aromatic heterocycles. The minimum atomic E-state index is -1.54. The fraction of sp³-hybridized carbons (Fsp3) is 0.222. The molecule has 0 saturated carbocycles. The van der Waals surface area contributed by atoms with E-state index in [0.29, 0.717) is 4.88 Å². The second kappa shape index (κ2) is 4.23. The molecule has 0 spiro atoms. The largest absolute Gasteiger partial charge is 0.476 e. The van der Waals surface area contributed by atoms with Crippen molar-refractivity contribution in [1.29, 1.82) is 0 Å². The van der Waals surface area contributed by atoms with Crippen LogP contribution in [-0.2, 0) is 4.79 Å². The molecule has 1 heterocycles. The van der Waals surface area contributed by atoms with E-state index in [1.807, 2.05) is 25.1 Å². The topological polar surface area (TPSA) is 40.5 Å². The molecule has 0 aliphatic heterocycles. The van der Waals surface area contributed by atoms with E-state index in [0.717, 1.165) is 11.1 Å². The SMILES string of the molecule is CN(C)c1ccc(C=C(F)C(=O)O)s1. The van der Waals surface area contributed by atoms with Gasteiger partial charge in [-0.25, -0.2) is 4.79 Å². The van der Waals surface area contributed by atoms with Crippen LogP contribution < -0.4 is 4.90 Å². The number of hydrogen-bond acceptors (Lipinski definition) is 3. The van der Waals surface area contributed by atoms with Crippen molar-refractivity contribution in [3.63, 3.8) is 0 Å². The Labute approximate surface area is 85.1 Å². The third kappa shape index (κ3) is 2.56. The van der Waals surface area contributed by atoms with Crippen LogP contribution in [0.2, 0.25) is 0 Å². The average molecular weight is 215 g/mol. The first-order chi connectivity index (χ1) is 6.50. The van der Waals surface area contributed by atoms with Crippen molar-refractivity contribution in [3.8, 4) is 0 Å². The Hall–Kier alpha value is -1.36. The average Bonchev–Trinajstić information content (AvgIpc) is 2.52. The molecule has 76 valence electrons. The van der Waals surface area contributed by atoms with Gasteiger partial charge in [0, 0.05) is 19.0 Å². The van der Waals surface area contributed by atoms with E-state index >= 15 is 0 Å². The van der Waals surface area contributed by atoms with Gasteiger partial charge in [-0.15, -0.1) is 11.3 Å². The molecular weight excluding hydrogens is 205 g/mol. The van der Waals surface area contributed by atoms with Crippen LogP contribution in [-0.4, -0.2) is 25.2 Å². The summed E-state index contributed by atoms with van der Waals surface area (Å²) < 4.78 is 12.7. The molecule has 0 aliphatic carbocycles.